The van der Waals surface area contributed by atoms with Crippen LogP contribution in [0, 0.1) is 0 Å². The van der Waals surface area contributed by atoms with E-state index in [4.69, 9.17) is 4.74 Å². The highest BCUT2D eigenvalue weighted by atomic mass is 16.5. The standard InChI is InChI=1S/C19H21NO2/c1-14(16-9-11-18(22-3)12-10-16)13-20-15(2)19(21)17-7-5-4-6-8-17/h4-13,15,20H,1-3H3/b14-13+. The maximum absolute atomic E-state index is 12.3. The number of carbonyl (C=O) groups is 1. The van der Waals surface area contributed by atoms with E-state index < -0.39 is 0 Å². The van der Waals surface area contributed by atoms with Crippen LogP contribution >= 0.6 is 0 Å². The molecule has 22 heavy (non-hydrogen) atoms. The molecule has 2 rings (SSSR count). The molecule has 0 saturated carbocycles. The Balaban J connectivity index is 2.01. The molecular formula is C19H21NO2. The van der Waals surface area contributed by atoms with Gasteiger partial charge in [-0.05, 0) is 37.1 Å². The van der Waals surface area contributed by atoms with Crippen LogP contribution in [0.3, 0.4) is 0 Å². The lowest BCUT2D eigenvalue weighted by atomic mass is 10.1. The Morgan fingerprint density at radius 1 is 1.05 bits per heavy atom. The number of ketones is 1. The van der Waals surface area contributed by atoms with E-state index >= 15 is 0 Å². The molecule has 1 N–H and O–H groups in total. The van der Waals surface area contributed by atoms with E-state index in [1.54, 1.807) is 7.11 Å². The highest BCUT2D eigenvalue weighted by Gasteiger charge is 2.12. The quantitative estimate of drug-likeness (QED) is 0.821. The van der Waals surface area contributed by atoms with E-state index in [0.717, 1.165) is 22.4 Å². The van der Waals surface area contributed by atoms with E-state index in [2.05, 4.69) is 5.32 Å². The number of rotatable bonds is 6. The van der Waals surface area contributed by atoms with Gasteiger partial charge >= 0.3 is 0 Å². The Hall–Kier alpha value is -2.55. The minimum atomic E-state index is -0.268. The number of benzene rings is 2. The van der Waals surface area contributed by atoms with Crippen molar-refractivity contribution in [3.8, 4) is 5.75 Å². The molecule has 0 aliphatic carbocycles. The van der Waals surface area contributed by atoms with Gasteiger partial charge in [-0.25, -0.2) is 0 Å². The van der Waals surface area contributed by atoms with Crippen molar-refractivity contribution in [2.45, 2.75) is 19.9 Å². The molecule has 1 atom stereocenters. The van der Waals surface area contributed by atoms with Gasteiger partial charge in [-0.1, -0.05) is 42.5 Å². The van der Waals surface area contributed by atoms with Crippen molar-refractivity contribution >= 4 is 11.4 Å². The summed E-state index contributed by atoms with van der Waals surface area (Å²) in [5.41, 5.74) is 2.88. The number of allylic oxidation sites excluding steroid dienone is 1. The minimum Gasteiger partial charge on any atom is -0.497 e. The molecule has 0 spiro atoms. The monoisotopic (exact) mass is 295 g/mol. The van der Waals surface area contributed by atoms with Gasteiger partial charge in [-0.15, -0.1) is 0 Å². The minimum absolute atomic E-state index is 0.0828. The van der Waals surface area contributed by atoms with Gasteiger partial charge in [0.05, 0.1) is 13.2 Å². The molecule has 3 heteroatoms. The third-order valence-corrected chi connectivity index (χ3v) is 3.55. The molecule has 0 aromatic heterocycles. The molecule has 0 amide bonds. The summed E-state index contributed by atoms with van der Waals surface area (Å²) < 4.78 is 5.15. The van der Waals surface area contributed by atoms with Gasteiger partial charge in [0.1, 0.15) is 5.75 Å². The molecule has 2 aromatic carbocycles. The van der Waals surface area contributed by atoms with Gasteiger partial charge < -0.3 is 10.1 Å². The lowest BCUT2D eigenvalue weighted by Gasteiger charge is -2.12. The lowest BCUT2D eigenvalue weighted by molar-refractivity contribution is 0.0957. The number of methoxy groups -OCH3 is 1. The van der Waals surface area contributed by atoms with E-state index in [9.17, 15) is 4.79 Å². The maximum Gasteiger partial charge on any atom is 0.184 e. The first-order valence-corrected chi connectivity index (χ1v) is 7.28. The Bertz CT molecular complexity index is 645. The number of nitrogens with one attached hydrogen (secondary N) is 1. The Kier molecular flexibility index (Phi) is 5.37. The normalized spacial score (nSPS) is 12.6. The smallest absolute Gasteiger partial charge is 0.184 e. The first kappa shape index (κ1) is 15.8. The molecular weight excluding hydrogens is 274 g/mol. The predicted octanol–water partition coefficient (Wildman–Crippen LogP) is 3.92. The molecule has 0 aliphatic heterocycles. The summed E-state index contributed by atoms with van der Waals surface area (Å²) in [7, 11) is 1.65. The second kappa shape index (κ2) is 7.46. The first-order valence-electron chi connectivity index (χ1n) is 7.28. The summed E-state index contributed by atoms with van der Waals surface area (Å²) in [6, 6.07) is 16.9. The van der Waals surface area contributed by atoms with Gasteiger partial charge in [0.2, 0.25) is 0 Å². The fourth-order valence-corrected chi connectivity index (χ4v) is 2.12. The second-order valence-corrected chi connectivity index (χ2v) is 5.17. The van der Waals surface area contributed by atoms with Gasteiger partial charge in [0, 0.05) is 11.8 Å². The van der Waals surface area contributed by atoms with Crippen molar-refractivity contribution in [2.75, 3.05) is 7.11 Å². The highest BCUT2D eigenvalue weighted by molar-refractivity contribution is 5.99. The Morgan fingerprint density at radius 3 is 2.27 bits per heavy atom. The molecule has 3 nitrogen and oxygen atoms in total. The lowest BCUT2D eigenvalue weighted by Crippen LogP contribution is -2.30. The molecule has 114 valence electrons. The summed E-state index contributed by atoms with van der Waals surface area (Å²) >= 11 is 0. The topological polar surface area (TPSA) is 38.3 Å². The van der Waals surface area contributed by atoms with Crippen LogP contribution in [0.25, 0.3) is 5.57 Å². The average Bonchev–Trinajstić information content (AvgIpc) is 2.59. The number of hydrogen-bond donors (Lipinski definition) is 1. The fourth-order valence-electron chi connectivity index (χ4n) is 2.12. The van der Waals surface area contributed by atoms with Crippen molar-refractivity contribution in [2.24, 2.45) is 0 Å². The third kappa shape index (κ3) is 3.98. The molecule has 0 fully saturated rings. The van der Waals surface area contributed by atoms with Crippen LogP contribution in [0.15, 0.2) is 60.8 Å². The van der Waals surface area contributed by atoms with Gasteiger partial charge in [-0.2, -0.15) is 0 Å². The Morgan fingerprint density at radius 2 is 1.68 bits per heavy atom. The van der Waals surface area contributed by atoms with Crippen molar-refractivity contribution in [1.82, 2.24) is 5.32 Å². The zero-order valence-electron chi connectivity index (χ0n) is 13.2. The van der Waals surface area contributed by atoms with E-state index in [-0.39, 0.29) is 11.8 Å². The zero-order valence-corrected chi connectivity index (χ0v) is 13.2. The third-order valence-electron chi connectivity index (χ3n) is 3.55. The summed E-state index contributed by atoms with van der Waals surface area (Å²) in [4.78, 5) is 12.3. The van der Waals surface area contributed by atoms with Crippen LogP contribution in [0.1, 0.15) is 29.8 Å². The van der Waals surface area contributed by atoms with Crippen LogP contribution < -0.4 is 10.1 Å². The molecule has 0 radical (unpaired) electrons. The number of ether oxygens (including phenoxy) is 1. The number of hydrogen-bond acceptors (Lipinski definition) is 3. The van der Waals surface area contributed by atoms with Crippen molar-refractivity contribution in [1.29, 1.82) is 0 Å². The van der Waals surface area contributed by atoms with E-state index in [1.807, 2.05) is 74.6 Å². The molecule has 0 aliphatic rings. The van der Waals surface area contributed by atoms with Crippen molar-refractivity contribution < 1.29 is 9.53 Å². The molecule has 0 saturated heterocycles. The SMILES string of the molecule is COc1ccc(/C(C)=C/NC(C)C(=O)c2ccccc2)cc1. The number of carbonyl (C=O) groups excluding carboxylic acids is 1. The fraction of sp³-hybridized carbons (Fsp3) is 0.211. The van der Waals surface area contributed by atoms with Gasteiger partial charge in [0.25, 0.3) is 0 Å². The molecule has 1 unspecified atom stereocenters. The summed E-state index contributed by atoms with van der Waals surface area (Å²) in [5.74, 6) is 0.913. The molecule has 0 bridgehead atoms. The Labute approximate surface area is 131 Å². The molecule has 2 aromatic rings. The van der Waals surface area contributed by atoms with E-state index in [0.29, 0.717) is 0 Å². The summed E-state index contributed by atoms with van der Waals surface area (Å²) in [6.45, 7) is 3.88. The number of Topliss-reactive ketones (excluding diaryl/α,β-unsaturated/α-hetero) is 1. The van der Waals surface area contributed by atoms with Gasteiger partial charge in [0.15, 0.2) is 5.78 Å². The van der Waals surface area contributed by atoms with Crippen LogP contribution in [0.5, 0.6) is 5.75 Å². The second-order valence-electron chi connectivity index (χ2n) is 5.17. The van der Waals surface area contributed by atoms with Crippen LogP contribution in [0.4, 0.5) is 0 Å². The van der Waals surface area contributed by atoms with Crippen molar-refractivity contribution in [3.63, 3.8) is 0 Å². The largest absolute Gasteiger partial charge is 0.497 e. The van der Waals surface area contributed by atoms with Crippen LogP contribution in [0.2, 0.25) is 0 Å². The average molecular weight is 295 g/mol. The summed E-state index contributed by atoms with van der Waals surface area (Å²) in [6.07, 6.45) is 1.88. The first-order chi connectivity index (χ1) is 10.6. The van der Waals surface area contributed by atoms with Gasteiger partial charge in [-0.3, -0.25) is 4.79 Å². The highest BCUT2D eigenvalue weighted by Crippen LogP contribution is 2.17. The van der Waals surface area contributed by atoms with E-state index in [1.165, 1.54) is 0 Å². The van der Waals surface area contributed by atoms with Crippen LogP contribution in [-0.4, -0.2) is 18.9 Å². The predicted molar refractivity (Wildman–Crippen MR) is 90.0 cm³/mol. The molecule has 0 heterocycles. The maximum atomic E-state index is 12.3. The summed E-state index contributed by atoms with van der Waals surface area (Å²) in [5, 5.41) is 3.16. The van der Waals surface area contributed by atoms with Crippen LogP contribution in [-0.2, 0) is 0 Å². The van der Waals surface area contributed by atoms with Crippen molar-refractivity contribution in [3.05, 3.63) is 71.9 Å². The zero-order chi connectivity index (χ0) is 15.9.